The number of carbonyl (C=O) groups excluding carboxylic acids is 1. The van der Waals surface area contributed by atoms with Crippen LogP contribution in [0.1, 0.15) is 37.6 Å². The highest BCUT2D eigenvalue weighted by atomic mass is 35.5. The van der Waals surface area contributed by atoms with Crippen LogP contribution in [0.15, 0.2) is 29.2 Å². The predicted molar refractivity (Wildman–Crippen MR) is 92.3 cm³/mol. The van der Waals surface area contributed by atoms with E-state index in [1.807, 2.05) is 13.8 Å². The lowest BCUT2D eigenvalue weighted by Crippen LogP contribution is -2.51. The minimum atomic E-state index is -3.71. The largest absolute Gasteiger partial charge is 0.465 e. The maximum Gasteiger partial charge on any atom is 0.337 e. The van der Waals surface area contributed by atoms with Gasteiger partial charge in [0.25, 0.3) is 0 Å². The number of esters is 1. The van der Waals surface area contributed by atoms with Gasteiger partial charge in [-0.2, -0.15) is 0 Å². The monoisotopic (exact) mass is 364 g/mol. The molecule has 1 aromatic rings. The number of ether oxygens (including phenoxy) is 1. The van der Waals surface area contributed by atoms with Crippen LogP contribution in [0, 0.1) is 5.92 Å². The Morgan fingerprint density at radius 1 is 1.30 bits per heavy atom. The van der Waals surface area contributed by atoms with E-state index in [9.17, 15) is 13.2 Å². The summed E-state index contributed by atoms with van der Waals surface area (Å²) in [6.07, 6.45) is 0.628. The molecule has 0 aliphatic rings. The lowest BCUT2D eigenvalue weighted by molar-refractivity contribution is 0.0600. The van der Waals surface area contributed by atoms with Crippen molar-refractivity contribution in [2.75, 3.05) is 13.7 Å². The van der Waals surface area contributed by atoms with Gasteiger partial charge in [0.05, 0.1) is 17.6 Å². The molecule has 0 radical (unpaired) electrons. The highest BCUT2D eigenvalue weighted by Gasteiger charge is 2.30. The number of carbonyl (C=O) groups is 1. The van der Waals surface area contributed by atoms with Crippen LogP contribution in [0.3, 0.4) is 0 Å². The van der Waals surface area contributed by atoms with E-state index in [-0.39, 0.29) is 23.8 Å². The third kappa shape index (κ3) is 6.10. The van der Waals surface area contributed by atoms with E-state index in [0.29, 0.717) is 17.9 Å². The van der Waals surface area contributed by atoms with Gasteiger partial charge >= 0.3 is 5.97 Å². The van der Waals surface area contributed by atoms with Crippen molar-refractivity contribution < 1.29 is 17.9 Å². The smallest absolute Gasteiger partial charge is 0.337 e. The second-order valence-electron chi connectivity index (χ2n) is 5.98. The molecule has 8 heteroatoms. The SMILES string of the molecule is COC(=O)c1ccc(S(=O)(=O)NC(C)(CN)CC(C)C)cc1.Cl. The molecule has 0 aromatic heterocycles. The van der Waals surface area contributed by atoms with E-state index in [4.69, 9.17) is 5.73 Å². The second kappa shape index (κ2) is 8.63. The highest BCUT2D eigenvalue weighted by molar-refractivity contribution is 7.89. The molecular formula is C15H25ClN2O4S. The van der Waals surface area contributed by atoms with E-state index in [0.717, 1.165) is 0 Å². The zero-order valence-electron chi connectivity index (χ0n) is 13.8. The number of hydrogen-bond acceptors (Lipinski definition) is 5. The Hall–Kier alpha value is -1.15. The zero-order chi connectivity index (χ0) is 17.0. The number of nitrogens with one attached hydrogen (secondary N) is 1. The number of hydrogen-bond donors (Lipinski definition) is 2. The molecule has 0 aliphatic heterocycles. The maximum absolute atomic E-state index is 12.5. The molecule has 0 bridgehead atoms. The number of halogens is 1. The van der Waals surface area contributed by atoms with E-state index in [1.54, 1.807) is 6.92 Å². The topological polar surface area (TPSA) is 98.5 Å². The fourth-order valence-corrected chi connectivity index (χ4v) is 3.77. The van der Waals surface area contributed by atoms with E-state index in [1.165, 1.54) is 31.4 Å². The van der Waals surface area contributed by atoms with Crippen LogP contribution in [-0.4, -0.2) is 33.6 Å². The van der Waals surface area contributed by atoms with Crippen molar-refractivity contribution in [3.05, 3.63) is 29.8 Å². The van der Waals surface area contributed by atoms with Crippen LogP contribution in [0.5, 0.6) is 0 Å². The lowest BCUT2D eigenvalue weighted by atomic mass is 9.92. The molecule has 0 fully saturated rings. The third-order valence-corrected chi connectivity index (χ3v) is 4.93. The Kier molecular flexibility index (Phi) is 8.20. The summed E-state index contributed by atoms with van der Waals surface area (Å²) >= 11 is 0. The summed E-state index contributed by atoms with van der Waals surface area (Å²) in [5, 5.41) is 0. The van der Waals surface area contributed by atoms with Gasteiger partial charge in [-0.05, 0) is 43.5 Å². The molecular weight excluding hydrogens is 340 g/mol. The molecule has 0 saturated carbocycles. The van der Waals surface area contributed by atoms with Crippen LogP contribution in [0.4, 0.5) is 0 Å². The average Bonchev–Trinajstić information content (AvgIpc) is 2.45. The number of nitrogens with two attached hydrogens (primary N) is 1. The fraction of sp³-hybridized carbons (Fsp3) is 0.533. The molecule has 132 valence electrons. The Bertz CT molecular complexity index is 617. The first-order chi connectivity index (χ1) is 10.1. The molecule has 0 heterocycles. The van der Waals surface area contributed by atoms with Crippen LogP contribution in [-0.2, 0) is 14.8 Å². The van der Waals surface area contributed by atoms with Gasteiger partial charge in [-0.1, -0.05) is 13.8 Å². The van der Waals surface area contributed by atoms with Gasteiger partial charge in [0.1, 0.15) is 0 Å². The third-order valence-electron chi connectivity index (χ3n) is 3.28. The van der Waals surface area contributed by atoms with Crippen molar-refractivity contribution in [3.8, 4) is 0 Å². The van der Waals surface area contributed by atoms with E-state index < -0.39 is 21.5 Å². The van der Waals surface area contributed by atoms with Crippen LogP contribution >= 0.6 is 12.4 Å². The normalized spacial score (nSPS) is 14.0. The molecule has 0 spiro atoms. The van der Waals surface area contributed by atoms with Crippen molar-refractivity contribution in [2.45, 2.75) is 37.6 Å². The van der Waals surface area contributed by atoms with Crippen LogP contribution < -0.4 is 10.5 Å². The van der Waals surface area contributed by atoms with E-state index in [2.05, 4.69) is 9.46 Å². The van der Waals surface area contributed by atoms with Gasteiger partial charge < -0.3 is 10.5 Å². The van der Waals surface area contributed by atoms with Crippen molar-refractivity contribution in [3.63, 3.8) is 0 Å². The van der Waals surface area contributed by atoms with Crippen LogP contribution in [0.25, 0.3) is 0 Å². The molecule has 1 aromatic carbocycles. The fourth-order valence-electron chi connectivity index (χ4n) is 2.34. The summed E-state index contributed by atoms with van der Waals surface area (Å²) in [6.45, 7) is 6.00. The molecule has 23 heavy (non-hydrogen) atoms. The maximum atomic E-state index is 12.5. The van der Waals surface area contributed by atoms with Crippen molar-refractivity contribution in [2.24, 2.45) is 11.7 Å². The average molecular weight is 365 g/mol. The first-order valence-corrected chi connectivity index (χ1v) is 8.54. The Morgan fingerprint density at radius 2 is 1.83 bits per heavy atom. The van der Waals surface area contributed by atoms with Gasteiger partial charge in [0, 0.05) is 12.1 Å². The zero-order valence-corrected chi connectivity index (χ0v) is 15.5. The number of sulfonamides is 1. The quantitative estimate of drug-likeness (QED) is 0.720. The number of rotatable bonds is 7. The standard InChI is InChI=1S/C15H24N2O4S.ClH/c1-11(2)9-15(3,10-16)17-22(19,20)13-7-5-12(6-8-13)14(18)21-4;/h5-8,11,17H,9-10,16H2,1-4H3;1H. The molecule has 1 rings (SSSR count). The summed E-state index contributed by atoms with van der Waals surface area (Å²) in [4.78, 5) is 11.5. The van der Waals surface area contributed by atoms with Crippen molar-refractivity contribution >= 4 is 28.4 Å². The summed E-state index contributed by atoms with van der Waals surface area (Å²) < 4.78 is 32.2. The predicted octanol–water partition coefficient (Wildman–Crippen LogP) is 1.94. The van der Waals surface area contributed by atoms with Crippen molar-refractivity contribution in [1.82, 2.24) is 4.72 Å². The molecule has 0 aliphatic carbocycles. The van der Waals surface area contributed by atoms with Gasteiger partial charge in [-0.15, -0.1) is 12.4 Å². The summed E-state index contributed by atoms with van der Waals surface area (Å²) in [7, 11) is -2.44. The van der Waals surface area contributed by atoms with E-state index >= 15 is 0 Å². The second-order valence-corrected chi connectivity index (χ2v) is 7.67. The minimum absolute atomic E-state index is 0. The Balaban J connectivity index is 0.00000484. The minimum Gasteiger partial charge on any atom is -0.465 e. The lowest BCUT2D eigenvalue weighted by Gasteiger charge is -2.30. The first kappa shape index (κ1) is 21.9. The summed E-state index contributed by atoms with van der Waals surface area (Å²) in [6, 6.07) is 5.59. The van der Waals surface area contributed by atoms with Gasteiger partial charge in [0.2, 0.25) is 10.0 Å². The Labute approximate surface area is 144 Å². The molecule has 3 N–H and O–H groups in total. The highest BCUT2D eigenvalue weighted by Crippen LogP contribution is 2.20. The van der Waals surface area contributed by atoms with Crippen LogP contribution in [0.2, 0.25) is 0 Å². The summed E-state index contributed by atoms with van der Waals surface area (Å²) in [5.41, 5.74) is 5.32. The molecule has 1 atom stereocenters. The number of methoxy groups -OCH3 is 1. The number of benzene rings is 1. The van der Waals surface area contributed by atoms with Gasteiger partial charge in [0.15, 0.2) is 0 Å². The molecule has 6 nitrogen and oxygen atoms in total. The summed E-state index contributed by atoms with van der Waals surface area (Å²) in [5.74, 6) is -0.207. The molecule has 0 amide bonds. The van der Waals surface area contributed by atoms with Crippen molar-refractivity contribution in [1.29, 1.82) is 0 Å². The first-order valence-electron chi connectivity index (χ1n) is 7.06. The molecule has 1 unspecified atom stereocenters. The Morgan fingerprint density at radius 3 is 2.22 bits per heavy atom. The van der Waals surface area contributed by atoms with Gasteiger partial charge in [-0.3, -0.25) is 0 Å². The molecule has 0 saturated heterocycles. The van der Waals surface area contributed by atoms with Gasteiger partial charge in [-0.25, -0.2) is 17.9 Å².